The first-order valence-electron chi connectivity index (χ1n) is 10.0. The molecular weight excluding hydrogens is 391 g/mol. The van der Waals surface area contributed by atoms with Gasteiger partial charge in [-0.3, -0.25) is 9.59 Å². The molecule has 1 aromatic rings. The third-order valence-electron chi connectivity index (χ3n) is 5.01. The minimum Gasteiger partial charge on any atom is -0.482 e. The third-order valence-corrected chi connectivity index (χ3v) is 5.01. The van der Waals surface area contributed by atoms with Gasteiger partial charge in [0.25, 0.3) is 11.8 Å². The Balaban J connectivity index is 1.91. The molecule has 0 unspecified atom stereocenters. The van der Waals surface area contributed by atoms with E-state index in [2.05, 4.69) is 5.32 Å². The molecule has 3 rings (SSSR count). The average molecular weight is 418 g/mol. The lowest BCUT2D eigenvalue weighted by molar-refractivity contribution is -0.129. The molecule has 0 radical (unpaired) electrons. The Morgan fingerprint density at radius 1 is 1.30 bits per heavy atom. The fourth-order valence-corrected chi connectivity index (χ4v) is 3.59. The van der Waals surface area contributed by atoms with Crippen molar-refractivity contribution in [2.75, 3.05) is 38.2 Å². The predicted molar refractivity (Wildman–Crippen MR) is 110 cm³/mol. The van der Waals surface area contributed by atoms with Crippen LogP contribution in [0.1, 0.15) is 32.8 Å². The van der Waals surface area contributed by atoms with Crippen molar-refractivity contribution in [1.29, 1.82) is 0 Å². The first-order chi connectivity index (χ1) is 14.3. The molecule has 0 bridgehead atoms. The SMILES string of the molecule is CCCN(CCOCCO)C(=O)C1=C/C(=C2\C(=O)Nc3cc(F)ccc32)OC1(C)C. The molecule has 2 amide bonds. The van der Waals surface area contributed by atoms with Crippen LogP contribution in [0.15, 0.2) is 35.6 Å². The number of amides is 2. The Labute approximate surface area is 175 Å². The van der Waals surface area contributed by atoms with E-state index >= 15 is 0 Å². The van der Waals surface area contributed by atoms with Crippen LogP contribution in [0.3, 0.4) is 0 Å². The molecule has 2 heterocycles. The molecule has 162 valence electrons. The number of rotatable bonds is 8. The molecule has 2 aliphatic heterocycles. The number of hydrogen-bond acceptors (Lipinski definition) is 5. The predicted octanol–water partition coefficient (Wildman–Crippen LogP) is 2.47. The lowest BCUT2D eigenvalue weighted by atomic mass is 9.97. The summed E-state index contributed by atoms with van der Waals surface area (Å²) in [4.78, 5) is 27.5. The molecule has 0 aromatic heterocycles. The first kappa shape index (κ1) is 22.0. The number of fused-ring (bicyclic) bond motifs is 1. The number of benzene rings is 1. The molecule has 0 saturated heterocycles. The van der Waals surface area contributed by atoms with Crippen LogP contribution >= 0.6 is 0 Å². The molecule has 0 saturated carbocycles. The van der Waals surface area contributed by atoms with E-state index in [-0.39, 0.29) is 24.7 Å². The number of nitrogens with zero attached hydrogens (tertiary/aromatic N) is 1. The molecule has 2 aliphatic rings. The van der Waals surface area contributed by atoms with Gasteiger partial charge in [-0.2, -0.15) is 0 Å². The van der Waals surface area contributed by atoms with E-state index < -0.39 is 17.3 Å². The number of carbonyl (C=O) groups is 2. The quantitative estimate of drug-likeness (QED) is 0.500. The average Bonchev–Trinajstić information content (AvgIpc) is 3.17. The van der Waals surface area contributed by atoms with Gasteiger partial charge in [-0.1, -0.05) is 6.92 Å². The summed E-state index contributed by atoms with van der Waals surface area (Å²) in [5, 5.41) is 11.5. The summed E-state index contributed by atoms with van der Waals surface area (Å²) in [5.74, 6) is -0.742. The molecule has 0 aliphatic carbocycles. The summed E-state index contributed by atoms with van der Waals surface area (Å²) >= 11 is 0. The second kappa shape index (κ2) is 8.97. The van der Waals surface area contributed by atoms with E-state index in [0.29, 0.717) is 42.3 Å². The van der Waals surface area contributed by atoms with Crippen molar-refractivity contribution < 1.29 is 28.6 Å². The zero-order chi connectivity index (χ0) is 21.9. The summed E-state index contributed by atoms with van der Waals surface area (Å²) < 4.78 is 24.8. The second-order valence-electron chi connectivity index (χ2n) is 7.68. The van der Waals surface area contributed by atoms with Gasteiger partial charge in [-0.15, -0.1) is 0 Å². The largest absolute Gasteiger partial charge is 0.482 e. The fourth-order valence-electron chi connectivity index (χ4n) is 3.59. The molecule has 2 N–H and O–H groups in total. The maximum Gasteiger partial charge on any atom is 0.260 e. The fraction of sp³-hybridized carbons (Fsp3) is 0.455. The van der Waals surface area contributed by atoms with E-state index in [1.54, 1.807) is 24.8 Å². The van der Waals surface area contributed by atoms with Gasteiger partial charge in [0.2, 0.25) is 0 Å². The molecule has 1 aromatic carbocycles. The highest BCUT2D eigenvalue weighted by atomic mass is 19.1. The van der Waals surface area contributed by atoms with Crippen molar-refractivity contribution in [1.82, 2.24) is 4.90 Å². The minimum atomic E-state index is -0.930. The Hall–Kier alpha value is -2.71. The maximum atomic E-state index is 13.5. The van der Waals surface area contributed by atoms with Crippen LogP contribution in [0, 0.1) is 5.82 Å². The third kappa shape index (κ3) is 4.39. The Kier molecular flexibility index (Phi) is 6.58. The Bertz CT molecular complexity index is 907. The first-order valence-corrected chi connectivity index (χ1v) is 10.0. The highest BCUT2D eigenvalue weighted by Gasteiger charge is 2.41. The van der Waals surface area contributed by atoms with Crippen LogP contribution < -0.4 is 5.32 Å². The smallest absolute Gasteiger partial charge is 0.260 e. The van der Waals surface area contributed by atoms with E-state index in [0.717, 1.165) is 6.42 Å². The second-order valence-corrected chi connectivity index (χ2v) is 7.68. The lowest BCUT2D eigenvalue weighted by Crippen LogP contribution is -2.40. The Morgan fingerprint density at radius 2 is 2.07 bits per heavy atom. The van der Waals surface area contributed by atoms with Crippen LogP contribution in [0.25, 0.3) is 5.57 Å². The monoisotopic (exact) mass is 418 g/mol. The highest BCUT2D eigenvalue weighted by Crippen LogP contribution is 2.41. The van der Waals surface area contributed by atoms with Gasteiger partial charge in [0.15, 0.2) is 0 Å². The van der Waals surface area contributed by atoms with Crippen LogP contribution in [-0.2, 0) is 19.1 Å². The number of halogens is 1. The zero-order valence-electron chi connectivity index (χ0n) is 17.5. The van der Waals surface area contributed by atoms with Gasteiger partial charge in [0, 0.05) is 18.7 Å². The van der Waals surface area contributed by atoms with Crippen molar-refractivity contribution in [3.63, 3.8) is 0 Å². The van der Waals surface area contributed by atoms with Crippen LogP contribution in [0.2, 0.25) is 0 Å². The summed E-state index contributed by atoms with van der Waals surface area (Å²) in [5.41, 5.74) is 0.712. The van der Waals surface area contributed by atoms with Gasteiger partial charge in [-0.25, -0.2) is 4.39 Å². The molecule has 0 atom stereocenters. The molecular formula is C22H27FN2O5. The van der Waals surface area contributed by atoms with Gasteiger partial charge in [0.05, 0.1) is 36.7 Å². The zero-order valence-corrected chi connectivity index (χ0v) is 17.5. The van der Waals surface area contributed by atoms with E-state index in [9.17, 15) is 14.0 Å². The molecule has 0 fully saturated rings. The molecule has 0 spiro atoms. The van der Waals surface area contributed by atoms with Crippen LogP contribution in [0.5, 0.6) is 0 Å². The van der Waals surface area contributed by atoms with Gasteiger partial charge < -0.3 is 24.8 Å². The normalized spacial score (nSPS) is 19.2. The number of allylic oxidation sites excluding steroid dienone is 1. The maximum absolute atomic E-state index is 13.5. The van der Waals surface area contributed by atoms with Gasteiger partial charge in [-0.05, 0) is 44.5 Å². The standard InChI is InChI=1S/C22H27FN2O5/c1-4-7-25(8-10-29-11-9-26)21(28)16-13-18(30-22(16,2)3)19-15-6-5-14(23)12-17(15)24-20(19)27/h5-6,12-13,26H,4,7-11H2,1-3H3,(H,24,27)/b19-18+. The summed E-state index contributed by atoms with van der Waals surface area (Å²) in [6.45, 7) is 6.92. The topological polar surface area (TPSA) is 88.1 Å². The van der Waals surface area contributed by atoms with Crippen LogP contribution in [0.4, 0.5) is 10.1 Å². The number of nitrogens with one attached hydrogen (secondary N) is 1. The minimum absolute atomic E-state index is 0.0713. The van der Waals surface area contributed by atoms with E-state index in [1.165, 1.54) is 18.2 Å². The van der Waals surface area contributed by atoms with Crippen LogP contribution in [-0.4, -0.2) is 60.3 Å². The Morgan fingerprint density at radius 3 is 2.77 bits per heavy atom. The van der Waals surface area contributed by atoms with E-state index in [4.69, 9.17) is 14.6 Å². The van der Waals surface area contributed by atoms with Crippen molar-refractivity contribution in [2.24, 2.45) is 0 Å². The van der Waals surface area contributed by atoms with Gasteiger partial charge >= 0.3 is 0 Å². The molecule has 30 heavy (non-hydrogen) atoms. The van der Waals surface area contributed by atoms with Crippen molar-refractivity contribution >= 4 is 23.1 Å². The summed E-state index contributed by atoms with van der Waals surface area (Å²) in [7, 11) is 0. The number of aliphatic hydroxyl groups excluding tert-OH is 1. The molecule has 7 nitrogen and oxygen atoms in total. The van der Waals surface area contributed by atoms with E-state index in [1.807, 2.05) is 6.92 Å². The summed E-state index contributed by atoms with van der Waals surface area (Å²) in [6.07, 6.45) is 2.38. The number of carbonyl (C=O) groups excluding carboxylic acids is 2. The number of ether oxygens (including phenoxy) is 2. The number of aliphatic hydroxyl groups is 1. The van der Waals surface area contributed by atoms with Crippen molar-refractivity contribution in [2.45, 2.75) is 32.8 Å². The molecule has 8 heteroatoms. The number of anilines is 1. The van der Waals surface area contributed by atoms with Crippen molar-refractivity contribution in [3.05, 3.63) is 47.0 Å². The van der Waals surface area contributed by atoms with Gasteiger partial charge in [0.1, 0.15) is 17.2 Å². The summed E-state index contributed by atoms with van der Waals surface area (Å²) in [6, 6.07) is 4.06. The number of hydrogen-bond donors (Lipinski definition) is 2. The lowest BCUT2D eigenvalue weighted by Gasteiger charge is -2.28. The van der Waals surface area contributed by atoms with Crippen molar-refractivity contribution in [3.8, 4) is 0 Å². The highest BCUT2D eigenvalue weighted by molar-refractivity contribution is 6.32.